The summed E-state index contributed by atoms with van der Waals surface area (Å²) in [6, 6.07) is 1.24. The van der Waals surface area contributed by atoms with Crippen LogP contribution < -0.4 is 5.32 Å². The molecule has 1 atom stereocenters. The van der Waals surface area contributed by atoms with Crippen LogP contribution in [-0.2, 0) is 9.84 Å². The van der Waals surface area contributed by atoms with Gasteiger partial charge in [-0.05, 0) is 19.5 Å². The predicted octanol–water partition coefficient (Wildman–Crippen LogP) is 1.80. The standard InChI is InChI=1S/C11H14F3NO2S/c1-15-9(5-6-18(2,16)17)7-3-4-8(12)11(14)10(7)13/h3-4,9,15H,5-6H2,1-2H3. The number of benzene rings is 1. The van der Waals surface area contributed by atoms with Crippen molar-refractivity contribution in [3.63, 3.8) is 0 Å². The maximum Gasteiger partial charge on any atom is 0.194 e. The summed E-state index contributed by atoms with van der Waals surface area (Å²) in [5.41, 5.74) is -0.0833. The number of hydrogen-bond donors (Lipinski definition) is 1. The zero-order chi connectivity index (χ0) is 13.9. The van der Waals surface area contributed by atoms with Crippen molar-refractivity contribution in [2.24, 2.45) is 0 Å². The Bertz CT molecular complexity index is 531. The predicted molar refractivity (Wildman–Crippen MR) is 62.4 cm³/mol. The van der Waals surface area contributed by atoms with Gasteiger partial charge in [-0.25, -0.2) is 21.6 Å². The summed E-state index contributed by atoms with van der Waals surface area (Å²) in [6.45, 7) is 0. The molecule has 0 amide bonds. The number of nitrogens with one attached hydrogen (secondary N) is 1. The molecule has 0 aliphatic rings. The van der Waals surface area contributed by atoms with Crippen LogP contribution in [0.15, 0.2) is 12.1 Å². The Kier molecular flexibility index (Phi) is 4.75. The Balaban J connectivity index is 2.99. The first kappa shape index (κ1) is 15.0. The van der Waals surface area contributed by atoms with E-state index in [2.05, 4.69) is 5.32 Å². The highest BCUT2D eigenvalue weighted by molar-refractivity contribution is 7.90. The summed E-state index contributed by atoms with van der Waals surface area (Å²) in [7, 11) is -1.70. The molecule has 0 saturated heterocycles. The number of rotatable bonds is 5. The summed E-state index contributed by atoms with van der Waals surface area (Å²) in [6.07, 6.45) is 1.14. The first-order valence-electron chi connectivity index (χ1n) is 5.24. The van der Waals surface area contributed by atoms with Crippen LogP contribution in [0.1, 0.15) is 18.0 Å². The average Bonchev–Trinajstić information content (AvgIpc) is 2.28. The second kappa shape index (κ2) is 5.71. The molecule has 1 aromatic carbocycles. The van der Waals surface area contributed by atoms with Gasteiger partial charge in [0.05, 0.1) is 5.75 Å². The minimum atomic E-state index is -3.20. The van der Waals surface area contributed by atoms with Crippen LogP contribution in [0.5, 0.6) is 0 Å². The average molecular weight is 281 g/mol. The van der Waals surface area contributed by atoms with Crippen molar-refractivity contribution in [3.05, 3.63) is 35.1 Å². The normalized spacial score (nSPS) is 13.6. The molecule has 1 rings (SSSR count). The van der Waals surface area contributed by atoms with E-state index < -0.39 is 33.3 Å². The fraction of sp³-hybridized carbons (Fsp3) is 0.455. The SMILES string of the molecule is CNC(CCS(C)(=O)=O)c1ccc(F)c(F)c1F. The molecule has 7 heteroatoms. The number of halogens is 3. The Morgan fingerprint density at radius 2 is 1.83 bits per heavy atom. The van der Waals surface area contributed by atoms with E-state index in [1.807, 2.05) is 0 Å². The monoisotopic (exact) mass is 281 g/mol. The van der Waals surface area contributed by atoms with E-state index >= 15 is 0 Å². The van der Waals surface area contributed by atoms with E-state index in [0.29, 0.717) is 0 Å². The minimum absolute atomic E-state index is 0.0807. The van der Waals surface area contributed by atoms with Gasteiger partial charge in [-0.1, -0.05) is 6.07 Å². The van der Waals surface area contributed by atoms with Crippen molar-refractivity contribution in [3.8, 4) is 0 Å². The van der Waals surface area contributed by atoms with Crippen LogP contribution >= 0.6 is 0 Å². The summed E-state index contributed by atoms with van der Waals surface area (Å²) in [5.74, 6) is -4.28. The van der Waals surface area contributed by atoms with Gasteiger partial charge in [-0.15, -0.1) is 0 Å². The molecule has 0 radical (unpaired) electrons. The lowest BCUT2D eigenvalue weighted by atomic mass is 10.0. The zero-order valence-electron chi connectivity index (χ0n) is 10.0. The van der Waals surface area contributed by atoms with Crippen LogP contribution in [-0.4, -0.2) is 27.5 Å². The molecule has 0 fully saturated rings. The second-order valence-corrected chi connectivity index (χ2v) is 6.28. The van der Waals surface area contributed by atoms with Gasteiger partial charge in [-0.3, -0.25) is 0 Å². The molecular weight excluding hydrogens is 267 g/mol. The van der Waals surface area contributed by atoms with Gasteiger partial charge in [-0.2, -0.15) is 0 Å². The Hall–Kier alpha value is -1.08. The van der Waals surface area contributed by atoms with Gasteiger partial charge >= 0.3 is 0 Å². The molecule has 0 saturated carbocycles. The zero-order valence-corrected chi connectivity index (χ0v) is 10.8. The second-order valence-electron chi connectivity index (χ2n) is 4.02. The summed E-state index contributed by atoms with van der Waals surface area (Å²) < 4.78 is 61.4. The van der Waals surface area contributed by atoms with Crippen LogP contribution in [0.4, 0.5) is 13.2 Å². The van der Waals surface area contributed by atoms with E-state index in [-0.39, 0.29) is 17.7 Å². The summed E-state index contributed by atoms with van der Waals surface area (Å²) in [4.78, 5) is 0. The van der Waals surface area contributed by atoms with Crippen molar-refractivity contribution in [2.45, 2.75) is 12.5 Å². The van der Waals surface area contributed by atoms with Crippen molar-refractivity contribution in [1.82, 2.24) is 5.32 Å². The molecule has 0 aromatic heterocycles. The molecule has 0 bridgehead atoms. The molecule has 1 aromatic rings. The molecule has 3 nitrogen and oxygen atoms in total. The van der Waals surface area contributed by atoms with E-state index in [4.69, 9.17) is 0 Å². The quantitative estimate of drug-likeness (QED) is 0.837. The molecule has 1 N–H and O–H groups in total. The van der Waals surface area contributed by atoms with E-state index in [1.165, 1.54) is 7.05 Å². The highest BCUT2D eigenvalue weighted by Crippen LogP contribution is 2.23. The highest BCUT2D eigenvalue weighted by Gasteiger charge is 2.20. The highest BCUT2D eigenvalue weighted by atomic mass is 32.2. The molecule has 1 unspecified atom stereocenters. The van der Waals surface area contributed by atoms with Crippen LogP contribution in [0.2, 0.25) is 0 Å². The molecular formula is C11H14F3NO2S. The lowest BCUT2D eigenvalue weighted by molar-refractivity contribution is 0.427. The molecule has 102 valence electrons. The Labute approximate surface area is 104 Å². The van der Waals surface area contributed by atoms with Crippen molar-refractivity contribution >= 4 is 9.84 Å². The maximum absolute atomic E-state index is 13.5. The first-order chi connectivity index (χ1) is 8.26. The maximum atomic E-state index is 13.5. The van der Waals surface area contributed by atoms with Gasteiger partial charge in [0.2, 0.25) is 0 Å². The van der Waals surface area contributed by atoms with Gasteiger partial charge < -0.3 is 5.32 Å². The molecule has 0 heterocycles. The molecule has 0 aliphatic carbocycles. The largest absolute Gasteiger partial charge is 0.313 e. The third-order valence-corrected chi connectivity index (χ3v) is 3.54. The Morgan fingerprint density at radius 1 is 1.22 bits per heavy atom. The molecule has 0 aliphatic heterocycles. The molecule has 18 heavy (non-hydrogen) atoms. The minimum Gasteiger partial charge on any atom is -0.313 e. The van der Waals surface area contributed by atoms with E-state index in [0.717, 1.165) is 18.4 Å². The lowest BCUT2D eigenvalue weighted by Gasteiger charge is -2.17. The van der Waals surface area contributed by atoms with Gasteiger partial charge in [0.25, 0.3) is 0 Å². The van der Waals surface area contributed by atoms with Crippen molar-refractivity contribution in [2.75, 3.05) is 19.1 Å². The smallest absolute Gasteiger partial charge is 0.194 e. The van der Waals surface area contributed by atoms with Crippen LogP contribution in [0, 0.1) is 17.5 Å². The van der Waals surface area contributed by atoms with E-state index in [1.54, 1.807) is 0 Å². The molecule has 0 spiro atoms. The first-order valence-corrected chi connectivity index (χ1v) is 7.30. The third kappa shape index (κ3) is 3.71. The van der Waals surface area contributed by atoms with Crippen LogP contribution in [0.3, 0.4) is 0 Å². The fourth-order valence-corrected chi connectivity index (χ4v) is 2.26. The number of hydrogen-bond acceptors (Lipinski definition) is 3. The van der Waals surface area contributed by atoms with Crippen molar-refractivity contribution in [1.29, 1.82) is 0 Å². The third-order valence-electron chi connectivity index (χ3n) is 2.57. The van der Waals surface area contributed by atoms with Crippen molar-refractivity contribution < 1.29 is 21.6 Å². The van der Waals surface area contributed by atoms with Gasteiger partial charge in [0, 0.05) is 17.9 Å². The fourth-order valence-electron chi connectivity index (χ4n) is 1.60. The van der Waals surface area contributed by atoms with Gasteiger partial charge in [0.1, 0.15) is 9.84 Å². The number of sulfone groups is 1. The Morgan fingerprint density at radius 3 is 2.33 bits per heavy atom. The topological polar surface area (TPSA) is 46.2 Å². The summed E-state index contributed by atoms with van der Waals surface area (Å²) >= 11 is 0. The lowest BCUT2D eigenvalue weighted by Crippen LogP contribution is -2.21. The summed E-state index contributed by atoms with van der Waals surface area (Å²) in [5, 5.41) is 2.68. The van der Waals surface area contributed by atoms with E-state index in [9.17, 15) is 21.6 Å². The van der Waals surface area contributed by atoms with Gasteiger partial charge in [0.15, 0.2) is 17.5 Å². The van der Waals surface area contributed by atoms with Crippen LogP contribution in [0.25, 0.3) is 0 Å².